The lowest BCUT2D eigenvalue weighted by atomic mass is 9.99. The first-order chi connectivity index (χ1) is 14.5. The van der Waals surface area contributed by atoms with Crippen molar-refractivity contribution in [3.05, 3.63) is 71.2 Å². The Bertz CT molecular complexity index is 960. The minimum atomic E-state index is -0.246. The molecule has 2 aromatic rings. The Morgan fingerprint density at radius 1 is 1.03 bits per heavy atom. The summed E-state index contributed by atoms with van der Waals surface area (Å²) in [6, 6.07) is 13.6. The van der Waals surface area contributed by atoms with E-state index in [1.54, 1.807) is 6.20 Å². The SMILES string of the molecule is Cc1ccc(C2=C(N(C)C3CCN(C)CC3)C(=O)N(Cc3ccccn3)C2=O)cc1. The van der Waals surface area contributed by atoms with E-state index in [4.69, 9.17) is 0 Å². The Labute approximate surface area is 177 Å². The van der Waals surface area contributed by atoms with Crippen molar-refractivity contribution in [2.75, 3.05) is 27.2 Å². The monoisotopic (exact) mass is 404 g/mol. The van der Waals surface area contributed by atoms with Gasteiger partial charge in [0.25, 0.3) is 11.8 Å². The van der Waals surface area contributed by atoms with Crippen LogP contribution < -0.4 is 0 Å². The van der Waals surface area contributed by atoms with E-state index >= 15 is 0 Å². The van der Waals surface area contributed by atoms with Crippen LogP contribution in [0.25, 0.3) is 5.57 Å². The molecule has 0 unspecified atom stereocenters. The second-order valence-electron chi connectivity index (χ2n) is 8.25. The number of likely N-dealkylation sites (N-methyl/N-ethyl adjacent to an activating group) is 1. The first-order valence-corrected chi connectivity index (χ1v) is 10.4. The predicted octanol–water partition coefficient (Wildman–Crippen LogP) is 2.70. The summed E-state index contributed by atoms with van der Waals surface area (Å²) in [6.07, 6.45) is 3.62. The molecule has 6 nitrogen and oxygen atoms in total. The third-order valence-electron chi connectivity index (χ3n) is 6.12. The molecule has 1 aromatic carbocycles. The van der Waals surface area contributed by atoms with E-state index in [2.05, 4.69) is 16.9 Å². The van der Waals surface area contributed by atoms with Gasteiger partial charge in [-0.2, -0.15) is 0 Å². The van der Waals surface area contributed by atoms with Gasteiger partial charge in [0.05, 0.1) is 17.8 Å². The minimum absolute atomic E-state index is 0.179. The lowest BCUT2D eigenvalue weighted by Crippen LogP contribution is -2.43. The third-order valence-corrected chi connectivity index (χ3v) is 6.12. The highest BCUT2D eigenvalue weighted by Crippen LogP contribution is 2.34. The number of likely N-dealkylation sites (tertiary alicyclic amines) is 1. The summed E-state index contributed by atoms with van der Waals surface area (Å²) in [5, 5.41) is 0. The molecule has 1 fully saturated rings. The maximum atomic E-state index is 13.5. The van der Waals surface area contributed by atoms with Gasteiger partial charge in [-0.1, -0.05) is 35.9 Å². The zero-order valence-electron chi connectivity index (χ0n) is 17.8. The van der Waals surface area contributed by atoms with E-state index in [0.29, 0.717) is 17.0 Å². The van der Waals surface area contributed by atoms with Gasteiger partial charge in [-0.05, 0) is 57.6 Å². The van der Waals surface area contributed by atoms with Gasteiger partial charge in [0.1, 0.15) is 5.70 Å². The van der Waals surface area contributed by atoms with Gasteiger partial charge in [-0.15, -0.1) is 0 Å². The van der Waals surface area contributed by atoms with Crippen molar-refractivity contribution in [1.29, 1.82) is 0 Å². The molecule has 0 atom stereocenters. The van der Waals surface area contributed by atoms with E-state index in [-0.39, 0.29) is 24.4 Å². The molecule has 1 aromatic heterocycles. The quantitative estimate of drug-likeness (QED) is 0.718. The summed E-state index contributed by atoms with van der Waals surface area (Å²) in [4.78, 5) is 36.9. The highest BCUT2D eigenvalue weighted by Gasteiger charge is 2.42. The zero-order chi connectivity index (χ0) is 21.3. The minimum Gasteiger partial charge on any atom is -0.366 e. The molecule has 2 amide bonds. The van der Waals surface area contributed by atoms with Crippen molar-refractivity contribution in [1.82, 2.24) is 19.7 Å². The Morgan fingerprint density at radius 3 is 2.37 bits per heavy atom. The van der Waals surface area contributed by atoms with Crippen LogP contribution in [0.3, 0.4) is 0 Å². The summed E-state index contributed by atoms with van der Waals surface area (Å²) in [6.45, 7) is 4.17. The van der Waals surface area contributed by atoms with Gasteiger partial charge in [-0.25, -0.2) is 0 Å². The number of carbonyl (C=O) groups excluding carboxylic acids is 2. The van der Waals surface area contributed by atoms with Crippen LogP contribution in [-0.4, -0.2) is 64.7 Å². The maximum absolute atomic E-state index is 13.5. The number of carbonyl (C=O) groups is 2. The van der Waals surface area contributed by atoms with Gasteiger partial charge in [0, 0.05) is 19.3 Å². The topological polar surface area (TPSA) is 56.8 Å². The molecular weight excluding hydrogens is 376 g/mol. The second kappa shape index (κ2) is 8.40. The molecule has 2 aliphatic heterocycles. The fraction of sp³-hybridized carbons (Fsp3) is 0.375. The van der Waals surface area contributed by atoms with Crippen LogP contribution >= 0.6 is 0 Å². The molecular formula is C24H28N4O2. The van der Waals surface area contributed by atoms with E-state index < -0.39 is 0 Å². The normalized spacial score (nSPS) is 18.4. The summed E-state index contributed by atoms with van der Waals surface area (Å²) in [5.41, 5.74) is 3.61. The molecule has 30 heavy (non-hydrogen) atoms. The average molecular weight is 405 g/mol. The zero-order valence-corrected chi connectivity index (χ0v) is 17.8. The van der Waals surface area contributed by atoms with E-state index in [1.165, 1.54) is 4.90 Å². The van der Waals surface area contributed by atoms with Crippen LogP contribution in [0.1, 0.15) is 29.7 Å². The summed E-state index contributed by atoms with van der Waals surface area (Å²) < 4.78 is 0. The average Bonchev–Trinajstić information content (AvgIpc) is 3.00. The molecule has 1 saturated heterocycles. The van der Waals surface area contributed by atoms with Gasteiger partial charge in [-0.3, -0.25) is 19.5 Å². The number of hydrogen-bond donors (Lipinski definition) is 0. The first kappa shape index (κ1) is 20.3. The van der Waals surface area contributed by atoms with Crippen LogP contribution in [0.4, 0.5) is 0 Å². The summed E-state index contributed by atoms with van der Waals surface area (Å²) in [7, 11) is 4.07. The number of aromatic nitrogens is 1. The Balaban J connectivity index is 1.71. The lowest BCUT2D eigenvalue weighted by Gasteiger charge is -2.36. The van der Waals surface area contributed by atoms with Crippen LogP contribution in [0.15, 0.2) is 54.4 Å². The number of nitrogens with zero attached hydrogens (tertiary/aromatic N) is 4. The van der Waals surface area contributed by atoms with Gasteiger partial charge in [0.2, 0.25) is 0 Å². The molecule has 0 bridgehead atoms. The molecule has 3 heterocycles. The predicted molar refractivity (Wildman–Crippen MR) is 116 cm³/mol. The molecule has 6 heteroatoms. The number of hydrogen-bond acceptors (Lipinski definition) is 5. The van der Waals surface area contributed by atoms with Crippen molar-refractivity contribution >= 4 is 17.4 Å². The summed E-state index contributed by atoms with van der Waals surface area (Å²) >= 11 is 0. The maximum Gasteiger partial charge on any atom is 0.278 e. The van der Waals surface area contributed by atoms with Crippen LogP contribution in [0.2, 0.25) is 0 Å². The third kappa shape index (κ3) is 3.87. The van der Waals surface area contributed by atoms with Crippen molar-refractivity contribution in [2.24, 2.45) is 0 Å². The molecule has 4 rings (SSSR count). The highest BCUT2D eigenvalue weighted by molar-refractivity contribution is 6.35. The van der Waals surface area contributed by atoms with Crippen LogP contribution in [0, 0.1) is 6.92 Å². The summed E-state index contributed by atoms with van der Waals surface area (Å²) in [5.74, 6) is -0.480. The Morgan fingerprint density at radius 2 is 1.73 bits per heavy atom. The molecule has 0 spiro atoms. The number of rotatable bonds is 5. The Kier molecular flexibility index (Phi) is 5.68. The fourth-order valence-electron chi connectivity index (χ4n) is 4.23. The van der Waals surface area contributed by atoms with Gasteiger partial charge >= 0.3 is 0 Å². The van der Waals surface area contributed by atoms with Crippen molar-refractivity contribution < 1.29 is 9.59 Å². The highest BCUT2D eigenvalue weighted by atomic mass is 16.2. The van der Waals surface area contributed by atoms with Crippen LogP contribution in [0.5, 0.6) is 0 Å². The number of imide groups is 1. The van der Waals surface area contributed by atoms with E-state index in [0.717, 1.165) is 37.1 Å². The number of aryl methyl sites for hydroxylation is 1. The standard InChI is InChI=1S/C24H28N4O2/c1-17-7-9-18(10-8-17)21-22(27(3)20-11-14-26(2)15-12-20)24(30)28(23(21)29)16-19-6-4-5-13-25-19/h4-10,13,20H,11-12,14-16H2,1-3H3. The molecule has 156 valence electrons. The second-order valence-corrected chi connectivity index (χ2v) is 8.25. The van der Waals surface area contributed by atoms with Crippen molar-refractivity contribution in [2.45, 2.75) is 32.4 Å². The fourth-order valence-corrected chi connectivity index (χ4v) is 4.23. The van der Waals surface area contributed by atoms with Crippen molar-refractivity contribution in [3.63, 3.8) is 0 Å². The molecule has 0 radical (unpaired) electrons. The number of pyridine rings is 1. The van der Waals surface area contributed by atoms with Crippen molar-refractivity contribution in [3.8, 4) is 0 Å². The molecule has 0 N–H and O–H groups in total. The molecule has 2 aliphatic rings. The number of amides is 2. The molecule has 0 saturated carbocycles. The van der Waals surface area contributed by atoms with Gasteiger partial charge < -0.3 is 9.80 Å². The van der Waals surface area contributed by atoms with E-state index in [1.807, 2.05) is 61.3 Å². The largest absolute Gasteiger partial charge is 0.366 e. The first-order valence-electron chi connectivity index (χ1n) is 10.4. The Hall–Kier alpha value is -2.99. The van der Waals surface area contributed by atoms with E-state index in [9.17, 15) is 9.59 Å². The number of benzene rings is 1. The smallest absolute Gasteiger partial charge is 0.278 e. The van der Waals surface area contributed by atoms with Gasteiger partial charge in [0.15, 0.2) is 0 Å². The lowest BCUT2D eigenvalue weighted by molar-refractivity contribution is -0.138. The van der Waals surface area contributed by atoms with Crippen LogP contribution in [-0.2, 0) is 16.1 Å². The molecule has 0 aliphatic carbocycles. The number of piperidine rings is 1.